The molecular weight excluding hydrogens is 476 g/mol. The van der Waals surface area contributed by atoms with E-state index < -0.39 is 16.0 Å². The van der Waals surface area contributed by atoms with Crippen LogP contribution in [0.4, 0.5) is 5.69 Å². The van der Waals surface area contributed by atoms with Crippen molar-refractivity contribution in [3.63, 3.8) is 0 Å². The number of nitrogens with zero attached hydrogens (tertiary/aromatic N) is 1. The number of amides is 1. The van der Waals surface area contributed by atoms with Gasteiger partial charge in [-0.3, -0.25) is 4.79 Å². The molecule has 180 valence electrons. The second-order valence-electron chi connectivity index (χ2n) is 7.64. The van der Waals surface area contributed by atoms with Gasteiger partial charge in [0, 0.05) is 11.1 Å². The summed E-state index contributed by atoms with van der Waals surface area (Å²) in [5.74, 6) is -0.409. The molecule has 0 saturated carbocycles. The fourth-order valence-corrected chi connectivity index (χ4v) is 4.51. The van der Waals surface area contributed by atoms with Crippen molar-refractivity contribution in [2.24, 2.45) is 0 Å². The van der Waals surface area contributed by atoms with Crippen LogP contribution in [-0.4, -0.2) is 20.9 Å². The fraction of sp³-hybridized carbons (Fsp3) is 0.0714. The van der Waals surface area contributed by atoms with Crippen LogP contribution in [0.5, 0.6) is 11.5 Å². The molecule has 1 N–H and O–H groups in total. The molecule has 0 spiro atoms. The lowest BCUT2D eigenvalue weighted by Gasteiger charge is -2.13. The fourth-order valence-electron chi connectivity index (χ4n) is 3.54. The van der Waals surface area contributed by atoms with Gasteiger partial charge in [-0.2, -0.15) is 13.7 Å². The van der Waals surface area contributed by atoms with Crippen molar-refractivity contribution in [3.05, 3.63) is 102 Å². The lowest BCUT2D eigenvalue weighted by Crippen LogP contribution is -2.13. The van der Waals surface area contributed by atoms with Gasteiger partial charge in [0.25, 0.3) is 5.91 Å². The number of hydrogen-bond acceptors (Lipinski definition) is 6. The molecule has 7 nitrogen and oxygen atoms in total. The maximum atomic E-state index is 12.9. The standard InChI is InChI=1S/C28H22N2O5S/c1-2-34-27-18-20(15-16-26(27)35-36(32,33)23-11-4-3-5-12-23)17-22(19-29)28(31)30-25-14-8-10-21-9-6-7-13-24(21)25/h3-18H,2H2,1H3,(H,30,31)/b22-17+. The molecule has 36 heavy (non-hydrogen) atoms. The van der Waals surface area contributed by atoms with Crippen molar-refractivity contribution in [2.45, 2.75) is 11.8 Å². The summed E-state index contributed by atoms with van der Waals surface area (Å²) < 4.78 is 36.2. The third-order valence-corrected chi connectivity index (χ3v) is 6.46. The molecule has 0 atom stereocenters. The van der Waals surface area contributed by atoms with E-state index in [0.29, 0.717) is 11.3 Å². The van der Waals surface area contributed by atoms with Crippen LogP contribution in [0.1, 0.15) is 12.5 Å². The number of nitriles is 1. The second kappa shape index (κ2) is 10.8. The molecular formula is C28H22N2O5S. The number of benzene rings is 4. The number of fused-ring (bicyclic) bond motifs is 1. The molecule has 0 aliphatic rings. The van der Waals surface area contributed by atoms with Crippen LogP contribution in [-0.2, 0) is 14.9 Å². The van der Waals surface area contributed by atoms with E-state index in [4.69, 9.17) is 8.92 Å². The Morgan fingerprint density at radius 2 is 1.67 bits per heavy atom. The van der Waals surface area contributed by atoms with Gasteiger partial charge in [-0.15, -0.1) is 0 Å². The lowest BCUT2D eigenvalue weighted by molar-refractivity contribution is -0.112. The average Bonchev–Trinajstić information content (AvgIpc) is 2.89. The molecule has 1 amide bonds. The molecule has 0 heterocycles. The summed E-state index contributed by atoms with van der Waals surface area (Å²) >= 11 is 0. The number of ether oxygens (including phenoxy) is 1. The molecule has 0 aliphatic carbocycles. The van der Waals surface area contributed by atoms with Gasteiger partial charge in [0.1, 0.15) is 16.5 Å². The quantitative estimate of drug-likeness (QED) is 0.194. The summed E-state index contributed by atoms with van der Waals surface area (Å²) in [5, 5.41) is 14.2. The maximum Gasteiger partial charge on any atom is 0.339 e. The highest BCUT2D eigenvalue weighted by Crippen LogP contribution is 2.32. The SMILES string of the molecule is CCOc1cc(/C=C(\C#N)C(=O)Nc2cccc3ccccc23)ccc1OS(=O)(=O)c1ccccc1. The van der Waals surface area contributed by atoms with Gasteiger partial charge in [0.15, 0.2) is 11.5 Å². The van der Waals surface area contributed by atoms with Crippen LogP contribution in [0.25, 0.3) is 16.8 Å². The van der Waals surface area contributed by atoms with Crippen LogP contribution >= 0.6 is 0 Å². The first kappa shape index (κ1) is 24.5. The van der Waals surface area contributed by atoms with Gasteiger partial charge in [-0.05, 0) is 54.3 Å². The predicted octanol–water partition coefficient (Wildman–Crippen LogP) is 5.55. The zero-order chi connectivity index (χ0) is 25.5. The smallest absolute Gasteiger partial charge is 0.339 e. The van der Waals surface area contributed by atoms with Gasteiger partial charge in [-0.25, -0.2) is 0 Å². The molecule has 0 aromatic heterocycles. The van der Waals surface area contributed by atoms with E-state index in [9.17, 15) is 18.5 Å². The summed E-state index contributed by atoms with van der Waals surface area (Å²) in [4.78, 5) is 12.9. The Morgan fingerprint density at radius 1 is 0.944 bits per heavy atom. The predicted molar refractivity (Wildman–Crippen MR) is 138 cm³/mol. The molecule has 0 radical (unpaired) electrons. The zero-order valence-corrected chi connectivity index (χ0v) is 20.2. The summed E-state index contributed by atoms with van der Waals surface area (Å²) in [6.07, 6.45) is 1.40. The van der Waals surface area contributed by atoms with E-state index in [1.165, 1.54) is 30.3 Å². The normalized spacial score (nSPS) is 11.5. The van der Waals surface area contributed by atoms with Gasteiger partial charge in [-0.1, -0.05) is 60.7 Å². The lowest BCUT2D eigenvalue weighted by atomic mass is 10.1. The van der Waals surface area contributed by atoms with Crippen LogP contribution in [0.2, 0.25) is 0 Å². The Morgan fingerprint density at radius 3 is 2.42 bits per heavy atom. The Balaban J connectivity index is 1.61. The highest BCUT2D eigenvalue weighted by Gasteiger charge is 2.19. The maximum absolute atomic E-state index is 12.9. The molecule has 0 saturated heterocycles. The number of anilines is 1. The van der Waals surface area contributed by atoms with Crippen molar-refractivity contribution in [2.75, 3.05) is 11.9 Å². The Hall–Kier alpha value is -4.61. The van der Waals surface area contributed by atoms with Crippen molar-refractivity contribution in [1.82, 2.24) is 0 Å². The molecule has 8 heteroatoms. The van der Waals surface area contributed by atoms with E-state index in [2.05, 4.69) is 5.32 Å². The van der Waals surface area contributed by atoms with Crippen LogP contribution in [0.3, 0.4) is 0 Å². The van der Waals surface area contributed by atoms with Gasteiger partial charge in [0.05, 0.1) is 6.61 Å². The van der Waals surface area contributed by atoms with E-state index in [-0.39, 0.29) is 28.6 Å². The Bertz CT molecular complexity index is 1580. The number of carbonyl (C=O) groups is 1. The van der Waals surface area contributed by atoms with Crippen molar-refractivity contribution < 1.29 is 22.1 Å². The number of hydrogen-bond donors (Lipinski definition) is 1. The van der Waals surface area contributed by atoms with E-state index in [1.54, 1.807) is 37.3 Å². The minimum Gasteiger partial charge on any atom is -0.490 e. The minimum atomic E-state index is -4.07. The molecule has 4 rings (SSSR count). The molecule has 4 aromatic carbocycles. The summed E-state index contributed by atoms with van der Waals surface area (Å²) in [7, 11) is -4.07. The monoisotopic (exact) mass is 498 g/mol. The van der Waals surface area contributed by atoms with Crippen molar-refractivity contribution in [3.8, 4) is 17.6 Å². The van der Waals surface area contributed by atoms with Crippen LogP contribution in [0, 0.1) is 11.3 Å². The topological polar surface area (TPSA) is 105 Å². The highest BCUT2D eigenvalue weighted by molar-refractivity contribution is 7.87. The summed E-state index contributed by atoms with van der Waals surface area (Å²) in [5.41, 5.74) is 0.924. The number of carbonyl (C=O) groups excluding carboxylic acids is 1. The second-order valence-corrected chi connectivity index (χ2v) is 9.19. The largest absolute Gasteiger partial charge is 0.490 e. The third-order valence-electron chi connectivity index (χ3n) is 5.21. The first-order valence-corrected chi connectivity index (χ1v) is 12.5. The number of rotatable bonds is 8. The molecule has 0 unspecified atom stereocenters. The average molecular weight is 499 g/mol. The first-order chi connectivity index (χ1) is 17.4. The van der Waals surface area contributed by atoms with Gasteiger partial charge >= 0.3 is 10.1 Å². The third kappa shape index (κ3) is 5.54. The number of nitrogens with one attached hydrogen (secondary N) is 1. The first-order valence-electron chi connectivity index (χ1n) is 11.1. The molecule has 4 aromatic rings. The van der Waals surface area contributed by atoms with E-state index in [1.807, 2.05) is 42.5 Å². The molecule has 0 bridgehead atoms. The summed E-state index contributed by atoms with van der Waals surface area (Å²) in [6, 6.07) is 27.3. The van der Waals surface area contributed by atoms with Gasteiger partial charge < -0.3 is 14.2 Å². The minimum absolute atomic E-state index is 0.00318. The van der Waals surface area contributed by atoms with Crippen LogP contribution in [0.15, 0.2) is 101 Å². The molecule has 0 fully saturated rings. The van der Waals surface area contributed by atoms with Gasteiger partial charge in [0.2, 0.25) is 0 Å². The van der Waals surface area contributed by atoms with Crippen molar-refractivity contribution >= 4 is 38.6 Å². The van der Waals surface area contributed by atoms with Crippen molar-refractivity contribution in [1.29, 1.82) is 5.26 Å². The van der Waals surface area contributed by atoms with E-state index >= 15 is 0 Å². The highest BCUT2D eigenvalue weighted by atomic mass is 32.2. The van der Waals surface area contributed by atoms with E-state index in [0.717, 1.165) is 10.8 Å². The summed E-state index contributed by atoms with van der Waals surface area (Å²) in [6.45, 7) is 2.00. The Kier molecular flexibility index (Phi) is 7.33. The Labute approximate surface area is 209 Å². The van der Waals surface area contributed by atoms with Crippen LogP contribution < -0.4 is 14.2 Å². The zero-order valence-electron chi connectivity index (χ0n) is 19.3. The molecule has 0 aliphatic heterocycles.